The van der Waals surface area contributed by atoms with Crippen LogP contribution in [0.2, 0.25) is 0 Å². The molecule has 6 heteroatoms. The van der Waals surface area contributed by atoms with E-state index in [1.54, 1.807) is 0 Å². The van der Waals surface area contributed by atoms with Gasteiger partial charge in [-0.1, -0.05) is 6.07 Å². The van der Waals surface area contributed by atoms with E-state index in [2.05, 4.69) is 37.9 Å². The van der Waals surface area contributed by atoms with Gasteiger partial charge in [-0.15, -0.1) is 16.4 Å². The lowest BCUT2D eigenvalue weighted by molar-refractivity contribution is -0.0531. The summed E-state index contributed by atoms with van der Waals surface area (Å²) >= 11 is 1.84. The van der Waals surface area contributed by atoms with Crippen LogP contribution in [-0.2, 0) is 11.3 Å². The van der Waals surface area contributed by atoms with Crippen LogP contribution in [0, 0.1) is 6.92 Å². The van der Waals surface area contributed by atoms with Gasteiger partial charge in [-0.25, -0.2) is 0 Å². The molecule has 4 rings (SSSR count). The van der Waals surface area contributed by atoms with Gasteiger partial charge >= 0.3 is 0 Å². The highest BCUT2D eigenvalue weighted by Crippen LogP contribution is 2.36. The molecule has 0 aliphatic carbocycles. The highest BCUT2D eigenvalue weighted by Gasteiger charge is 2.43. The number of likely N-dealkylation sites (tertiary alicyclic amines) is 1. The first-order chi connectivity index (χ1) is 11.7. The third-order valence-corrected chi connectivity index (χ3v) is 5.80. The van der Waals surface area contributed by atoms with Crippen molar-refractivity contribution in [3.8, 4) is 0 Å². The maximum absolute atomic E-state index is 6.29. The number of rotatable bonds is 4. The molecule has 0 unspecified atom stereocenters. The molecule has 2 saturated heterocycles. The van der Waals surface area contributed by atoms with Gasteiger partial charge in [0.25, 0.3) is 0 Å². The zero-order valence-electron chi connectivity index (χ0n) is 14.1. The van der Waals surface area contributed by atoms with E-state index in [0.717, 1.165) is 44.0 Å². The van der Waals surface area contributed by atoms with E-state index >= 15 is 0 Å². The number of ether oxygens (including phenoxy) is 1. The summed E-state index contributed by atoms with van der Waals surface area (Å²) in [6.45, 7) is 5.95. The minimum absolute atomic E-state index is 0.00526. The molecular formula is C18H24N4OS. The molecule has 0 amide bonds. The highest BCUT2D eigenvalue weighted by atomic mass is 32.1. The van der Waals surface area contributed by atoms with Crippen LogP contribution in [0.4, 0.5) is 5.82 Å². The Hall–Kier alpha value is -1.50. The molecule has 2 aliphatic heterocycles. The van der Waals surface area contributed by atoms with E-state index < -0.39 is 0 Å². The summed E-state index contributed by atoms with van der Waals surface area (Å²) in [7, 11) is 0. The molecular weight excluding hydrogens is 320 g/mol. The van der Waals surface area contributed by atoms with E-state index in [0.29, 0.717) is 6.04 Å². The number of nitrogens with zero attached hydrogens (tertiary/aromatic N) is 3. The number of aryl methyl sites for hydroxylation is 1. The molecule has 1 spiro atoms. The minimum atomic E-state index is 0.00526. The smallest absolute Gasteiger partial charge is 0.148 e. The van der Waals surface area contributed by atoms with Crippen molar-refractivity contribution >= 4 is 17.2 Å². The maximum atomic E-state index is 6.29. The van der Waals surface area contributed by atoms with Crippen LogP contribution in [-0.4, -0.2) is 46.4 Å². The van der Waals surface area contributed by atoms with Crippen LogP contribution in [0.1, 0.15) is 29.8 Å². The molecule has 2 fully saturated rings. The van der Waals surface area contributed by atoms with E-state index in [-0.39, 0.29) is 5.60 Å². The largest absolute Gasteiger partial charge is 0.371 e. The van der Waals surface area contributed by atoms with Crippen LogP contribution in [0.5, 0.6) is 0 Å². The van der Waals surface area contributed by atoms with Gasteiger partial charge in [-0.05, 0) is 49.9 Å². The van der Waals surface area contributed by atoms with Crippen molar-refractivity contribution in [3.05, 3.63) is 40.2 Å². The first-order valence-corrected chi connectivity index (χ1v) is 9.54. The molecule has 1 N–H and O–H groups in total. The Morgan fingerprint density at radius 2 is 2.33 bits per heavy atom. The SMILES string of the molecule is Cc1ccc(N[C@H]2CO[C@@]3(CCCN(Cc4cccs4)C3)C2)nn1. The monoisotopic (exact) mass is 344 g/mol. The van der Waals surface area contributed by atoms with E-state index in [9.17, 15) is 0 Å². The lowest BCUT2D eigenvalue weighted by atomic mass is 9.88. The molecule has 4 heterocycles. The Morgan fingerprint density at radius 3 is 3.12 bits per heavy atom. The summed E-state index contributed by atoms with van der Waals surface area (Å²) in [5.41, 5.74) is 0.946. The van der Waals surface area contributed by atoms with Crippen LogP contribution in [0.3, 0.4) is 0 Å². The quantitative estimate of drug-likeness (QED) is 0.924. The third-order valence-electron chi connectivity index (χ3n) is 4.94. The van der Waals surface area contributed by atoms with Crippen molar-refractivity contribution in [1.82, 2.24) is 15.1 Å². The lowest BCUT2D eigenvalue weighted by Crippen LogP contribution is -2.47. The summed E-state index contributed by atoms with van der Waals surface area (Å²) in [6.07, 6.45) is 3.41. The van der Waals surface area contributed by atoms with Gasteiger partial charge in [0.1, 0.15) is 5.82 Å². The van der Waals surface area contributed by atoms with E-state index in [1.165, 1.54) is 17.8 Å². The zero-order chi connectivity index (χ0) is 16.4. The summed E-state index contributed by atoms with van der Waals surface area (Å²) in [6, 6.07) is 8.67. The van der Waals surface area contributed by atoms with Gasteiger partial charge in [0.2, 0.25) is 0 Å². The Kier molecular flexibility index (Phi) is 4.52. The lowest BCUT2D eigenvalue weighted by Gasteiger charge is -2.39. The zero-order valence-corrected chi connectivity index (χ0v) is 14.9. The van der Waals surface area contributed by atoms with Crippen LogP contribution < -0.4 is 5.32 Å². The molecule has 0 radical (unpaired) electrons. The Bertz CT molecular complexity index is 660. The first kappa shape index (κ1) is 16.0. The average molecular weight is 344 g/mol. The van der Waals surface area contributed by atoms with Crippen molar-refractivity contribution in [2.45, 2.75) is 44.4 Å². The molecule has 24 heavy (non-hydrogen) atoms. The number of hydrogen-bond acceptors (Lipinski definition) is 6. The van der Waals surface area contributed by atoms with Crippen molar-refractivity contribution in [2.75, 3.05) is 25.0 Å². The number of hydrogen-bond donors (Lipinski definition) is 1. The summed E-state index contributed by atoms with van der Waals surface area (Å²) < 4.78 is 6.29. The van der Waals surface area contributed by atoms with Crippen molar-refractivity contribution in [1.29, 1.82) is 0 Å². The topological polar surface area (TPSA) is 50.3 Å². The molecule has 2 aliphatic rings. The van der Waals surface area contributed by atoms with Gasteiger partial charge in [-0.2, -0.15) is 5.10 Å². The molecule has 0 bridgehead atoms. The predicted molar refractivity (Wildman–Crippen MR) is 96.3 cm³/mol. The summed E-state index contributed by atoms with van der Waals surface area (Å²) in [5, 5.41) is 14.0. The van der Waals surface area contributed by atoms with Gasteiger partial charge < -0.3 is 10.1 Å². The molecule has 2 aromatic rings. The maximum Gasteiger partial charge on any atom is 0.148 e. The van der Waals surface area contributed by atoms with Crippen LogP contribution >= 0.6 is 11.3 Å². The molecule has 0 aromatic carbocycles. The average Bonchev–Trinajstić information content (AvgIpc) is 3.21. The fourth-order valence-electron chi connectivity index (χ4n) is 3.85. The Balaban J connectivity index is 1.36. The van der Waals surface area contributed by atoms with E-state index in [4.69, 9.17) is 4.74 Å². The Labute approximate surface area is 147 Å². The molecule has 2 aromatic heterocycles. The number of piperidine rings is 1. The van der Waals surface area contributed by atoms with Crippen LogP contribution in [0.25, 0.3) is 0 Å². The second-order valence-electron chi connectivity index (χ2n) is 6.99. The second-order valence-corrected chi connectivity index (χ2v) is 8.03. The first-order valence-electron chi connectivity index (χ1n) is 8.66. The number of thiophene rings is 1. The predicted octanol–water partition coefficient (Wildman–Crippen LogP) is 3.08. The molecule has 128 valence electrons. The molecule has 0 saturated carbocycles. The van der Waals surface area contributed by atoms with Crippen molar-refractivity contribution in [2.24, 2.45) is 0 Å². The van der Waals surface area contributed by atoms with Gasteiger partial charge in [-0.3, -0.25) is 4.90 Å². The van der Waals surface area contributed by atoms with Gasteiger partial charge in [0, 0.05) is 24.4 Å². The summed E-state index contributed by atoms with van der Waals surface area (Å²) in [4.78, 5) is 3.98. The number of aromatic nitrogens is 2. The van der Waals surface area contributed by atoms with Crippen molar-refractivity contribution < 1.29 is 4.74 Å². The van der Waals surface area contributed by atoms with E-state index in [1.807, 2.05) is 30.4 Å². The second kappa shape index (κ2) is 6.78. The van der Waals surface area contributed by atoms with Crippen LogP contribution in [0.15, 0.2) is 29.6 Å². The number of nitrogens with one attached hydrogen (secondary N) is 1. The highest BCUT2D eigenvalue weighted by molar-refractivity contribution is 7.09. The van der Waals surface area contributed by atoms with Gasteiger partial charge in [0.15, 0.2) is 0 Å². The van der Waals surface area contributed by atoms with Gasteiger partial charge in [0.05, 0.1) is 23.9 Å². The minimum Gasteiger partial charge on any atom is -0.371 e. The standard InChI is InChI=1S/C18H24N4OS/c1-14-5-6-17(21-20-14)19-15-10-18(23-12-15)7-3-8-22(13-18)11-16-4-2-9-24-16/h2,4-6,9,15H,3,7-8,10-13H2,1H3,(H,19,21)/t15-,18+/m1/s1. The molecule has 5 nitrogen and oxygen atoms in total. The normalized spacial score (nSPS) is 27.6. The molecule has 2 atom stereocenters. The fraction of sp³-hybridized carbons (Fsp3) is 0.556. The fourth-order valence-corrected chi connectivity index (χ4v) is 4.60. The number of anilines is 1. The third kappa shape index (κ3) is 3.61. The van der Waals surface area contributed by atoms with Crippen molar-refractivity contribution in [3.63, 3.8) is 0 Å². The Morgan fingerprint density at radius 1 is 1.38 bits per heavy atom. The summed E-state index contributed by atoms with van der Waals surface area (Å²) in [5.74, 6) is 0.845.